The van der Waals surface area contributed by atoms with Crippen molar-refractivity contribution in [2.75, 3.05) is 5.01 Å². The SMILES string of the molecule is O=C(Cc1ccccc1)N1NC(O)=Nc2ncccc21. The molecule has 0 fully saturated rings. The highest BCUT2D eigenvalue weighted by Gasteiger charge is 2.24. The van der Waals surface area contributed by atoms with E-state index in [1.54, 1.807) is 18.3 Å². The van der Waals surface area contributed by atoms with Crippen molar-refractivity contribution in [3.63, 3.8) is 0 Å². The summed E-state index contributed by atoms with van der Waals surface area (Å²) in [6.45, 7) is 0. The van der Waals surface area contributed by atoms with Gasteiger partial charge in [0.05, 0.1) is 6.42 Å². The van der Waals surface area contributed by atoms with Crippen LogP contribution in [0.2, 0.25) is 0 Å². The molecule has 0 saturated carbocycles. The van der Waals surface area contributed by atoms with Crippen LogP contribution >= 0.6 is 0 Å². The predicted octanol–water partition coefficient (Wildman–Crippen LogP) is 1.72. The fourth-order valence-corrected chi connectivity index (χ4v) is 1.98. The normalized spacial score (nSPS) is 13.2. The number of benzene rings is 1. The number of nitrogens with zero attached hydrogens (tertiary/aromatic N) is 3. The largest absolute Gasteiger partial charge is 0.479 e. The number of carbonyl (C=O) groups is 1. The first-order valence-electron chi connectivity index (χ1n) is 6.10. The van der Waals surface area contributed by atoms with E-state index in [-0.39, 0.29) is 18.3 Å². The zero-order valence-corrected chi connectivity index (χ0v) is 10.5. The topological polar surface area (TPSA) is 77.8 Å². The summed E-state index contributed by atoms with van der Waals surface area (Å²) < 4.78 is 0. The molecule has 1 aromatic carbocycles. The molecule has 1 aliphatic rings. The van der Waals surface area contributed by atoms with Gasteiger partial charge >= 0.3 is 6.02 Å². The van der Waals surface area contributed by atoms with Crippen molar-refractivity contribution in [2.45, 2.75) is 6.42 Å². The number of nitrogens with one attached hydrogen (secondary N) is 1. The first-order chi connectivity index (χ1) is 9.74. The number of aliphatic hydroxyl groups is 1. The number of rotatable bonds is 2. The molecule has 0 atom stereocenters. The standard InChI is InChI=1S/C14H12N4O2/c19-12(9-10-5-2-1-3-6-10)18-11-7-4-8-15-13(11)16-14(20)17-18/h1-8H,9H2,(H2,15,16,17,20). The summed E-state index contributed by atoms with van der Waals surface area (Å²) >= 11 is 0. The van der Waals surface area contributed by atoms with Crippen LogP contribution in [0.3, 0.4) is 0 Å². The van der Waals surface area contributed by atoms with Crippen molar-refractivity contribution in [1.29, 1.82) is 0 Å². The number of pyridine rings is 1. The molecule has 100 valence electrons. The van der Waals surface area contributed by atoms with Crippen molar-refractivity contribution in [3.8, 4) is 0 Å². The van der Waals surface area contributed by atoms with Crippen LogP contribution in [-0.2, 0) is 11.2 Å². The van der Waals surface area contributed by atoms with Crippen LogP contribution in [0, 0.1) is 0 Å². The highest BCUT2D eigenvalue weighted by atomic mass is 16.3. The molecule has 1 aromatic heterocycles. The fraction of sp³-hybridized carbons (Fsp3) is 0.0714. The van der Waals surface area contributed by atoms with Gasteiger partial charge in [0, 0.05) is 6.20 Å². The average molecular weight is 268 g/mol. The molecule has 1 aliphatic heterocycles. The van der Waals surface area contributed by atoms with Gasteiger partial charge in [0.2, 0.25) is 5.91 Å². The first kappa shape index (κ1) is 12.2. The molecule has 20 heavy (non-hydrogen) atoms. The van der Waals surface area contributed by atoms with Crippen LogP contribution in [-0.4, -0.2) is 22.0 Å². The van der Waals surface area contributed by atoms with Gasteiger partial charge in [-0.25, -0.2) is 15.4 Å². The van der Waals surface area contributed by atoms with Gasteiger partial charge in [-0.1, -0.05) is 30.3 Å². The maximum Gasteiger partial charge on any atom is 0.308 e. The van der Waals surface area contributed by atoms with E-state index in [0.29, 0.717) is 11.5 Å². The first-order valence-corrected chi connectivity index (χ1v) is 6.10. The summed E-state index contributed by atoms with van der Waals surface area (Å²) in [6.07, 6.45) is 1.77. The molecule has 0 unspecified atom stereocenters. The second kappa shape index (κ2) is 5.00. The van der Waals surface area contributed by atoms with Gasteiger partial charge in [0.25, 0.3) is 0 Å². The van der Waals surface area contributed by atoms with Gasteiger partial charge in [-0.2, -0.15) is 4.99 Å². The Bertz CT molecular complexity index is 670. The van der Waals surface area contributed by atoms with Gasteiger partial charge in [0.1, 0.15) is 5.69 Å². The van der Waals surface area contributed by atoms with Crippen molar-refractivity contribution in [1.82, 2.24) is 10.4 Å². The zero-order valence-electron chi connectivity index (χ0n) is 10.5. The molecule has 0 radical (unpaired) electrons. The van der Waals surface area contributed by atoms with Crippen LogP contribution < -0.4 is 10.4 Å². The van der Waals surface area contributed by atoms with E-state index < -0.39 is 0 Å². The summed E-state index contributed by atoms with van der Waals surface area (Å²) in [6, 6.07) is 12.5. The number of aliphatic imine (C=N–C) groups is 1. The lowest BCUT2D eigenvalue weighted by molar-refractivity contribution is -0.118. The third kappa shape index (κ3) is 2.31. The highest BCUT2D eigenvalue weighted by Crippen LogP contribution is 2.27. The Morgan fingerprint density at radius 2 is 2.00 bits per heavy atom. The highest BCUT2D eigenvalue weighted by molar-refractivity contribution is 6.01. The number of carbonyl (C=O) groups excluding carboxylic acids is 1. The third-order valence-electron chi connectivity index (χ3n) is 2.88. The summed E-state index contributed by atoms with van der Waals surface area (Å²) in [5.41, 5.74) is 3.96. The molecule has 2 N–H and O–H groups in total. The maximum atomic E-state index is 12.3. The third-order valence-corrected chi connectivity index (χ3v) is 2.88. The number of fused-ring (bicyclic) bond motifs is 1. The number of aliphatic hydroxyl groups excluding tert-OH is 1. The molecule has 3 rings (SSSR count). The van der Waals surface area contributed by atoms with E-state index in [2.05, 4.69) is 15.4 Å². The molecule has 1 amide bonds. The smallest absolute Gasteiger partial charge is 0.308 e. The Labute approximate surface area is 115 Å². The summed E-state index contributed by atoms with van der Waals surface area (Å²) in [7, 11) is 0. The van der Waals surface area contributed by atoms with E-state index in [9.17, 15) is 9.90 Å². The number of hydrogen-bond acceptors (Lipinski definition) is 4. The molecule has 6 nitrogen and oxygen atoms in total. The Balaban J connectivity index is 1.87. The molecule has 2 aromatic rings. The number of anilines is 1. The average Bonchev–Trinajstić information content (AvgIpc) is 2.47. The van der Waals surface area contributed by atoms with Gasteiger partial charge in [-0.3, -0.25) is 4.79 Å². The van der Waals surface area contributed by atoms with Gasteiger partial charge in [0.15, 0.2) is 5.82 Å². The Kier molecular flexibility index (Phi) is 3.04. The Hall–Kier alpha value is -2.89. The van der Waals surface area contributed by atoms with Crippen LogP contribution in [0.5, 0.6) is 0 Å². The Morgan fingerprint density at radius 3 is 2.80 bits per heavy atom. The monoisotopic (exact) mass is 268 g/mol. The lowest BCUT2D eigenvalue weighted by atomic mass is 10.1. The molecular weight excluding hydrogens is 256 g/mol. The van der Waals surface area contributed by atoms with Gasteiger partial charge in [-0.15, -0.1) is 0 Å². The molecule has 6 heteroatoms. The van der Waals surface area contributed by atoms with E-state index in [1.807, 2.05) is 30.3 Å². The molecule has 0 bridgehead atoms. The van der Waals surface area contributed by atoms with Crippen molar-refractivity contribution >= 4 is 23.4 Å². The second-order valence-corrected chi connectivity index (χ2v) is 4.28. The van der Waals surface area contributed by atoms with Crippen LogP contribution in [0.4, 0.5) is 11.5 Å². The lowest BCUT2D eigenvalue weighted by Crippen LogP contribution is -2.49. The fourth-order valence-electron chi connectivity index (χ4n) is 1.98. The van der Waals surface area contributed by atoms with Gasteiger partial charge in [-0.05, 0) is 17.7 Å². The second-order valence-electron chi connectivity index (χ2n) is 4.28. The van der Waals surface area contributed by atoms with Crippen LogP contribution in [0.15, 0.2) is 53.7 Å². The summed E-state index contributed by atoms with van der Waals surface area (Å²) in [5, 5.41) is 10.8. The zero-order chi connectivity index (χ0) is 13.9. The Morgan fingerprint density at radius 1 is 1.20 bits per heavy atom. The maximum absolute atomic E-state index is 12.3. The molecular formula is C14H12N4O2. The van der Waals surface area contributed by atoms with Crippen molar-refractivity contribution < 1.29 is 9.90 Å². The molecule has 0 aliphatic carbocycles. The lowest BCUT2D eigenvalue weighted by Gasteiger charge is -2.26. The summed E-state index contributed by atoms with van der Waals surface area (Å²) in [4.78, 5) is 20.2. The number of amides is 1. The minimum Gasteiger partial charge on any atom is -0.479 e. The van der Waals surface area contributed by atoms with E-state index in [0.717, 1.165) is 5.56 Å². The predicted molar refractivity (Wildman–Crippen MR) is 74.7 cm³/mol. The minimum absolute atomic E-state index is 0.202. The number of hydrogen-bond donors (Lipinski definition) is 2. The molecule has 0 spiro atoms. The quantitative estimate of drug-likeness (QED) is 0.869. The van der Waals surface area contributed by atoms with Crippen molar-refractivity contribution in [3.05, 3.63) is 54.2 Å². The van der Waals surface area contributed by atoms with E-state index in [1.165, 1.54) is 5.01 Å². The minimum atomic E-state index is -0.349. The number of amidine groups is 1. The van der Waals surface area contributed by atoms with Crippen molar-refractivity contribution in [2.24, 2.45) is 4.99 Å². The summed E-state index contributed by atoms with van der Waals surface area (Å²) in [5.74, 6) is 0.108. The number of aromatic nitrogens is 1. The number of hydrazine groups is 1. The van der Waals surface area contributed by atoms with E-state index in [4.69, 9.17) is 0 Å². The molecule has 0 saturated heterocycles. The van der Waals surface area contributed by atoms with Crippen LogP contribution in [0.1, 0.15) is 5.56 Å². The van der Waals surface area contributed by atoms with E-state index >= 15 is 0 Å². The van der Waals surface area contributed by atoms with Crippen LogP contribution in [0.25, 0.3) is 0 Å². The van der Waals surface area contributed by atoms with Gasteiger partial charge < -0.3 is 5.11 Å². The molecule has 2 heterocycles.